The minimum Gasteiger partial charge on any atom is -0.309 e. The zero-order valence-electron chi connectivity index (χ0n) is 15.4. The van der Waals surface area contributed by atoms with Gasteiger partial charge in [0.05, 0.1) is 0 Å². The fourth-order valence-corrected chi connectivity index (χ4v) is 2.48. The van der Waals surface area contributed by atoms with Crippen molar-refractivity contribution in [2.75, 3.05) is 0 Å². The average molecular weight is 382 g/mol. The van der Waals surface area contributed by atoms with Gasteiger partial charge in [-0.2, -0.15) is 24.3 Å². The molecule has 0 heterocycles. The van der Waals surface area contributed by atoms with E-state index in [0.717, 1.165) is 36.8 Å². The van der Waals surface area contributed by atoms with E-state index in [1.165, 1.54) is 12.8 Å². The molecule has 0 unspecified atom stereocenters. The van der Waals surface area contributed by atoms with Gasteiger partial charge in [0.1, 0.15) is 11.6 Å². The molecule has 2 rings (SSSR count). The van der Waals surface area contributed by atoms with E-state index in [0.29, 0.717) is 12.8 Å². The van der Waals surface area contributed by atoms with Crippen molar-refractivity contribution in [2.45, 2.75) is 65.2 Å². The second-order valence-electron chi connectivity index (χ2n) is 6.11. The molecular weight excluding hydrogens is 352 g/mol. The molecule has 138 valence electrons. The number of hydrogen-bond donors (Lipinski definition) is 0. The summed E-state index contributed by atoms with van der Waals surface area (Å²) in [5.41, 5.74) is 1.73. The van der Waals surface area contributed by atoms with E-state index in [1.807, 2.05) is 48.5 Å². The Bertz CT molecular complexity index is 501. The van der Waals surface area contributed by atoms with Crippen molar-refractivity contribution in [1.82, 2.24) is 0 Å². The first-order valence-corrected chi connectivity index (χ1v) is 9.18. The Hall–Kier alpha value is -1.44. The Kier molecular flexibility index (Phi) is 14.0. The molecule has 0 aliphatic carbocycles. The molecule has 2 aromatic carbocycles. The van der Waals surface area contributed by atoms with Crippen molar-refractivity contribution in [3.8, 4) is 0 Å². The van der Waals surface area contributed by atoms with Crippen LogP contribution < -0.4 is 0 Å². The summed E-state index contributed by atoms with van der Waals surface area (Å²) in [6, 6.07) is 15.2. The quantitative estimate of drug-likeness (QED) is 0.208. The van der Waals surface area contributed by atoms with Crippen LogP contribution in [0.2, 0.25) is 0 Å². The van der Waals surface area contributed by atoms with Gasteiger partial charge in [0.25, 0.3) is 0 Å². The summed E-state index contributed by atoms with van der Waals surface area (Å²) in [6.45, 7) is 4.29. The minimum atomic E-state index is 0. The van der Waals surface area contributed by atoms with Crippen LogP contribution in [0.15, 0.2) is 48.5 Å². The molecule has 2 aromatic rings. The summed E-state index contributed by atoms with van der Waals surface area (Å²) < 4.78 is 0. The monoisotopic (exact) mass is 382 g/mol. The number of carbonyl (C=O) groups is 2. The van der Waals surface area contributed by atoms with Crippen molar-refractivity contribution in [3.05, 3.63) is 59.7 Å². The number of rotatable bonds is 10. The third kappa shape index (κ3) is 10.2. The third-order valence-electron chi connectivity index (χ3n) is 3.98. The molecule has 0 N–H and O–H groups in total. The van der Waals surface area contributed by atoms with E-state index < -0.39 is 0 Å². The van der Waals surface area contributed by atoms with Crippen molar-refractivity contribution in [3.63, 3.8) is 0 Å². The SMILES string of the molecule is CCCCCC(=O)[c-]1cccc1.CCCCCC(=O)[c-]1cccc1.[Fe+2]. The molecule has 25 heavy (non-hydrogen) atoms. The molecule has 0 spiro atoms. The van der Waals surface area contributed by atoms with Gasteiger partial charge in [-0.05, 0) is 25.7 Å². The molecule has 0 amide bonds. The van der Waals surface area contributed by atoms with Gasteiger partial charge < -0.3 is 9.59 Å². The molecule has 0 radical (unpaired) electrons. The second kappa shape index (κ2) is 14.9. The standard InChI is InChI=1S/2C11H15O.Fe/c2*1-2-3-4-9-11(12)10-7-5-6-8-10;/h2*5-8H,2-4,9H2,1H3;/q2*-1;+2. The summed E-state index contributed by atoms with van der Waals surface area (Å²) in [4.78, 5) is 22.8. The van der Waals surface area contributed by atoms with Crippen molar-refractivity contribution >= 4 is 11.6 Å². The summed E-state index contributed by atoms with van der Waals surface area (Å²) >= 11 is 0. The summed E-state index contributed by atoms with van der Waals surface area (Å²) in [7, 11) is 0. The Morgan fingerprint density at radius 2 is 0.960 bits per heavy atom. The number of hydrogen-bond acceptors (Lipinski definition) is 2. The Balaban J connectivity index is 0.000000443. The molecule has 0 atom stereocenters. The van der Waals surface area contributed by atoms with Crippen molar-refractivity contribution in [2.24, 2.45) is 0 Å². The molecular formula is C22H30FeO2. The van der Waals surface area contributed by atoms with Crippen LogP contribution in [0.1, 0.15) is 85.9 Å². The fraction of sp³-hybridized carbons (Fsp3) is 0.455. The maximum Gasteiger partial charge on any atom is 2.00 e. The average Bonchev–Trinajstić information content (AvgIpc) is 3.29. The summed E-state index contributed by atoms with van der Waals surface area (Å²) in [5, 5.41) is 0. The molecule has 0 bridgehead atoms. The summed E-state index contributed by atoms with van der Waals surface area (Å²) in [5.74, 6) is 0.571. The predicted molar refractivity (Wildman–Crippen MR) is 101 cm³/mol. The van der Waals surface area contributed by atoms with Crippen LogP contribution in [-0.4, -0.2) is 11.6 Å². The molecule has 0 aliphatic rings. The van der Waals surface area contributed by atoms with Gasteiger partial charge >= 0.3 is 17.1 Å². The van der Waals surface area contributed by atoms with Crippen LogP contribution in [0, 0.1) is 0 Å². The largest absolute Gasteiger partial charge is 2.00 e. The van der Waals surface area contributed by atoms with E-state index >= 15 is 0 Å². The van der Waals surface area contributed by atoms with E-state index in [9.17, 15) is 9.59 Å². The van der Waals surface area contributed by atoms with Crippen LogP contribution >= 0.6 is 0 Å². The van der Waals surface area contributed by atoms with Crippen LogP contribution in [0.4, 0.5) is 0 Å². The number of carbonyl (C=O) groups excluding carboxylic acids is 2. The third-order valence-corrected chi connectivity index (χ3v) is 3.98. The Labute approximate surface area is 163 Å². The predicted octanol–water partition coefficient (Wildman–Crippen LogP) is 6.33. The van der Waals surface area contributed by atoms with Crippen molar-refractivity contribution < 1.29 is 26.7 Å². The van der Waals surface area contributed by atoms with Gasteiger partial charge in [-0.3, -0.25) is 0 Å². The molecule has 0 aromatic heterocycles. The van der Waals surface area contributed by atoms with Gasteiger partial charge in [0.15, 0.2) is 0 Å². The Morgan fingerprint density at radius 3 is 1.24 bits per heavy atom. The molecule has 0 saturated heterocycles. The smallest absolute Gasteiger partial charge is 0.309 e. The summed E-state index contributed by atoms with van der Waals surface area (Å²) in [6.07, 6.45) is 8.14. The minimum absolute atomic E-state index is 0. The van der Waals surface area contributed by atoms with Crippen LogP contribution in [0.5, 0.6) is 0 Å². The van der Waals surface area contributed by atoms with E-state index in [-0.39, 0.29) is 28.6 Å². The maximum absolute atomic E-state index is 11.4. The van der Waals surface area contributed by atoms with Crippen molar-refractivity contribution in [1.29, 1.82) is 0 Å². The van der Waals surface area contributed by atoms with Gasteiger partial charge in [-0.15, -0.1) is 0 Å². The number of Topliss-reactive ketones (excluding diaryl/α,β-unsaturated/α-hetero) is 2. The normalized spacial score (nSPS) is 9.68. The van der Waals surface area contributed by atoms with Crippen LogP contribution in [-0.2, 0) is 17.1 Å². The number of unbranched alkanes of at least 4 members (excludes halogenated alkanes) is 4. The van der Waals surface area contributed by atoms with Gasteiger partial charge in [0.2, 0.25) is 0 Å². The first-order valence-electron chi connectivity index (χ1n) is 9.18. The zero-order valence-corrected chi connectivity index (χ0v) is 16.5. The van der Waals surface area contributed by atoms with Gasteiger partial charge in [-0.25, -0.2) is 24.3 Å². The Morgan fingerprint density at radius 1 is 0.640 bits per heavy atom. The van der Waals surface area contributed by atoms with E-state index in [4.69, 9.17) is 0 Å². The molecule has 3 heteroatoms. The molecule has 2 nitrogen and oxygen atoms in total. The van der Waals surface area contributed by atoms with Crippen LogP contribution in [0.3, 0.4) is 0 Å². The molecule has 0 saturated carbocycles. The van der Waals surface area contributed by atoms with Gasteiger partial charge in [-0.1, -0.05) is 50.7 Å². The number of ketones is 2. The zero-order chi connectivity index (χ0) is 17.6. The van der Waals surface area contributed by atoms with Crippen LogP contribution in [0.25, 0.3) is 0 Å². The maximum atomic E-state index is 11.4. The van der Waals surface area contributed by atoms with E-state index in [1.54, 1.807) is 0 Å². The molecule has 0 fully saturated rings. The van der Waals surface area contributed by atoms with E-state index in [2.05, 4.69) is 13.8 Å². The first-order chi connectivity index (χ1) is 11.7. The molecule has 0 aliphatic heterocycles. The van der Waals surface area contributed by atoms with Gasteiger partial charge in [0, 0.05) is 0 Å². The topological polar surface area (TPSA) is 34.1 Å². The fourth-order valence-electron chi connectivity index (χ4n) is 2.48. The first kappa shape index (κ1) is 23.6. The second-order valence-corrected chi connectivity index (χ2v) is 6.11.